The van der Waals surface area contributed by atoms with E-state index < -0.39 is 0 Å². The van der Waals surface area contributed by atoms with Crippen molar-refractivity contribution in [2.75, 3.05) is 32.8 Å². The van der Waals surface area contributed by atoms with Gasteiger partial charge in [0.15, 0.2) is 5.71 Å². The molecule has 2 heterocycles. The molecular formula is C24H28N3O3+. The molecule has 0 spiro atoms. The molecule has 0 saturated carbocycles. The molecule has 0 aromatic heterocycles. The molecular weight excluding hydrogens is 378 g/mol. The summed E-state index contributed by atoms with van der Waals surface area (Å²) in [4.78, 5) is 29.3. The van der Waals surface area contributed by atoms with Gasteiger partial charge in [-0.1, -0.05) is 42.5 Å². The van der Waals surface area contributed by atoms with Crippen LogP contribution in [-0.2, 0) is 9.53 Å². The van der Waals surface area contributed by atoms with Crippen LogP contribution in [0.5, 0.6) is 0 Å². The molecule has 1 atom stereocenters. The average Bonchev–Trinajstić information content (AvgIpc) is 3.18. The summed E-state index contributed by atoms with van der Waals surface area (Å²) in [6, 6.07) is 17.7. The molecule has 2 aromatic rings. The molecule has 4 rings (SSSR count). The third-order valence-corrected chi connectivity index (χ3v) is 5.87. The van der Waals surface area contributed by atoms with Gasteiger partial charge in [0.2, 0.25) is 5.91 Å². The minimum absolute atomic E-state index is 0.0288. The van der Waals surface area contributed by atoms with Crippen LogP contribution in [0, 0.1) is 0 Å². The smallest absolute Gasteiger partial charge is 0.254 e. The molecule has 1 unspecified atom stereocenters. The lowest BCUT2D eigenvalue weighted by Crippen LogP contribution is -2.42. The van der Waals surface area contributed by atoms with Gasteiger partial charge >= 0.3 is 0 Å². The number of carbonyl (C=O) groups excluding carboxylic acids is 2. The summed E-state index contributed by atoms with van der Waals surface area (Å²) in [6.45, 7) is 2.94. The second-order valence-corrected chi connectivity index (χ2v) is 7.92. The standard InChI is InChI=1S/C24H27N3O3/c25-21-16-22(10-11-23(28)26-12-14-30-15-13-26)27(17-21)24(29)20-8-6-19(7-9-20)18-4-2-1-3-5-18/h1-9,22,25H,10-17H2/p+1. The second-order valence-electron chi connectivity index (χ2n) is 7.92. The Morgan fingerprint density at radius 1 is 0.967 bits per heavy atom. The minimum atomic E-state index is -0.0312. The fourth-order valence-electron chi connectivity index (χ4n) is 4.18. The lowest BCUT2D eigenvalue weighted by Gasteiger charge is -2.28. The number of nitrogens with zero attached hydrogens (tertiary/aromatic N) is 2. The van der Waals surface area contributed by atoms with E-state index in [1.54, 1.807) is 0 Å². The van der Waals surface area contributed by atoms with Gasteiger partial charge < -0.3 is 14.5 Å². The molecule has 2 saturated heterocycles. The van der Waals surface area contributed by atoms with Crippen molar-refractivity contribution in [1.29, 1.82) is 0 Å². The van der Waals surface area contributed by atoms with Crippen molar-refractivity contribution >= 4 is 17.5 Å². The maximum atomic E-state index is 13.1. The fourth-order valence-corrected chi connectivity index (χ4v) is 4.18. The van der Waals surface area contributed by atoms with Gasteiger partial charge in [-0.2, -0.15) is 0 Å². The second kappa shape index (κ2) is 9.22. The van der Waals surface area contributed by atoms with E-state index in [2.05, 4.69) is 12.1 Å². The van der Waals surface area contributed by atoms with Crippen molar-refractivity contribution in [2.24, 2.45) is 0 Å². The largest absolute Gasteiger partial charge is 0.378 e. The first kappa shape index (κ1) is 20.3. The maximum absolute atomic E-state index is 13.1. The van der Waals surface area contributed by atoms with Crippen LogP contribution >= 0.6 is 0 Å². The summed E-state index contributed by atoms with van der Waals surface area (Å²) in [5.41, 5.74) is 3.64. The fraction of sp³-hybridized carbons (Fsp3) is 0.375. The van der Waals surface area contributed by atoms with Crippen molar-refractivity contribution in [1.82, 2.24) is 9.80 Å². The van der Waals surface area contributed by atoms with Crippen LogP contribution < -0.4 is 5.41 Å². The van der Waals surface area contributed by atoms with Crippen LogP contribution in [0.1, 0.15) is 29.6 Å². The van der Waals surface area contributed by atoms with Gasteiger partial charge in [0, 0.05) is 37.5 Å². The Balaban J connectivity index is 1.40. The molecule has 156 valence electrons. The maximum Gasteiger partial charge on any atom is 0.254 e. The minimum Gasteiger partial charge on any atom is -0.378 e. The van der Waals surface area contributed by atoms with E-state index in [9.17, 15) is 9.59 Å². The highest BCUT2D eigenvalue weighted by molar-refractivity contribution is 5.99. The summed E-state index contributed by atoms with van der Waals surface area (Å²) in [5, 5.41) is 6.09. The van der Waals surface area contributed by atoms with Crippen LogP contribution in [0.25, 0.3) is 11.1 Å². The molecule has 2 amide bonds. The molecule has 2 aliphatic heterocycles. The Bertz CT molecular complexity index is 905. The number of hydrogen-bond donors (Lipinski definition) is 1. The molecule has 2 aromatic carbocycles. The molecule has 2 aliphatic rings. The Labute approximate surface area is 176 Å². The molecule has 0 bridgehead atoms. The SMILES string of the molecule is [NH2+]=C1CC(CCC(=O)N2CCOCC2)N(C(=O)c2ccc(-c3ccccc3)cc2)C1. The number of likely N-dealkylation sites (tertiary alicyclic amines) is 1. The molecule has 0 aliphatic carbocycles. The summed E-state index contributed by atoms with van der Waals surface area (Å²) < 4.78 is 5.31. The molecule has 6 heteroatoms. The van der Waals surface area contributed by atoms with E-state index in [0.29, 0.717) is 57.7 Å². The van der Waals surface area contributed by atoms with E-state index in [1.807, 2.05) is 52.3 Å². The number of morpholine rings is 1. The highest BCUT2D eigenvalue weighted by Gasteiger charge is 2.35. The van der Waals surface area contributed by atoms with Gasteiger partial charge in [-0.15, -0.1) is 0 Å². The zero-order valence-electron chi connectivity index (χ0n) is 17.1. The van der Waals surface area contributed by atoms with Gasteiger partial charge in [0.25, 0.3) is 5.91 Å². The first-order chi connectivity index (χ1) is 14.6. The van der Waals surface area contributed by atoms with Gasteiger partial charge in [0.05, 0.1) is 13.2 Å². The number of amides is 2. The van der Waals surface area contributed by atoms with Crippen molar-refractivity contribution in [3.8, 4) is 11.1 Å². The first-order valence-electron chi connectivity index (χ1n) is 10.5. The quantitative estimate of drug-likeness (QED) is 0.816. The summed E-state index contributed by atoms with van der Waals surface area (Å²) in [7, 11) is 0. The summed E-state index contributed by atoms with van der Waals surface area (Å²) in [6.07, 6.45) is 1.71. The van der Waals surface area contributed by atoms with Crippen LogP contribution in [0.2, 0.25) is 0 Å². The van der Waals surface area contributed by atoms with Crippen LogP contribution in [0.3, 0.4) is 0 Å². The Morgan fingerprint density at radius 3 is 2.33 bits per heavy atom. The van der Waals surface area contributed by atoms with Crippen LogP contribution in [-0.4, -0.2) is 66.2 Å². The van der Waals surface area contributed by atoms with Crippen molar-refractivity contribution in [3.05, 3.63) is 60.2 Å². The summed E-state index contributed by atoms with van der Waals surface area (Å²) in [5.74, 6) is 0.0993. The third kappa shape index (κ3) is 4.60. The number of nitrogens with two attached hydrogens (primary N) is 1. The molecule has 30 heavy (non-hydrogen) atoms. The predicted molar refractivity (Wildman–Crippen MR) is 115 cm³/mol. The molecule has 2 N–H and O–H groups in total. The monoisotopic (exact) mass is 406 g/mol. The van der Waals surface area contributed by atoms with E-state index >= 15 is 0 Å². The molecule has 2 fully saturated rings. The first-order valence-corrected chi connectivity index (χ1v) is 10.5. The number of ether oxygens (including phenoxy) is 1. The van der Waals surface area contributed by atoms with Gasteiger partial charge in [-0.3, -0.25) is 15.0 Å². The zero-order valence-corrected chi connectivity index (χ0v) is 17.1. The van der Waals surface area contributed by atoms with E-state index in [-0.39, 0.29) is 17.9 Å². The van der Waals surface area contributed by atoms with E-state index in [1.165, 1.54) is 0 Å². The van der Waals surface area contributed by atoms with Gasteiger partial charge in [0.1, 0.15) is 6.54 Å². The Morgan fingerprint density at radius 2 is 1.63 bits per heavy atom. The number of carbonyl (C=O) groups is 2. The topological polar surface area (TPSA) is 75.4 Å². The van der Waals surface area contributed by atoms with Gasteiger partial charge in [-0.25, -0.2) is 0 Å². The molecule has 0 radical (unpaired) electrons. The normalized spacial score (nSPS) is 19.2. The average molecular weight is 407 g/mol. The lowest BCUT2D eigenvalue weighted by atomic mass is 10.0. The van der Waals surface area contributed by atoms with Crippen molar-refractivity contribution in [3.63, 3.8) is 0 Å². The predicted octanol–water partition coefficient (Wildman–Crippen LogP) is 1.41. The van der Waals surface area contributed by atoms with E-state index in [0.717, 1.165) is 16.8 Å². The number of rotatable bonds is 5. The summed E-state index contributed by atoms with van der Waals surface area (Å²) >= 11 is 0. The number of hydrogen-bond acceptors (Lipinski definition) is 3. The highest BCUT2D eigenvalue weighted by Crippen LogP contribution is 2.24. The number of benzene rings is 2. The zero-order chi connectivity index (χ0) is 20.9. The molecule has 6 nitrogen and oxygen atoms in total. The van der Waals surface area contributed by atoms with Crippen LogP contribution in [0.15, 0.2) is 54.6 Å². The Kier molecular flexibility index (Phi) is 6.23. The van der Waals surface area contributed by atoms with Crippen molar-refractivity contribution < 1.29 is 19.7 Å². The third-order valence-electron chi connectivity index (χ3n) is 5.87. The van der Waals surface area contributed by atoms with Crippen LogP contribution in [0.4, 0.5) is 0 Å². The van der Waals surface area contributed by atoms with Crippen molar-refractivity contribution in [2.45, 2.75) is 25.3 Å². The van der Waals surface area contributed by atoms with E-state index in [4.69, 9.17) is 10.1 Å². The lowest BCUT2D eigenvalue weighted by molar-refractivity contribution is -0.135. The Hall–Kier alpha value is -2.99. The van der Waals surface area contributed by atoms with Gasteiger partial charge in [-0.05, 0) is 29.7 Å². The highest BCUT2D eigenvalue weighted by atomic mass is 16.5.